The second-order valence-electron chi connectivity index (χ2n) is 6.28. The number of nitrogens with two attached hydrogens (primary N) is 1. The van der Waals surface area contributed by atoms with Crippen molar-refractivity contribution in [3.05, 3.63) is 30.3 Å². The van der Waals surface area contributed by atoms with Gasteiger partial charge in [-0.25, -0.2) is 13.1 Å². The third-order valence-electron chi connectivity index (χ3n) is 3.82. The molecule has 4 N–H and O–H groups in total. The summed E-state index contributed by atoms with van der Waals surface area (Å²) in [5.41, 5.74) is 5.75. The van der Waals surface area contributed by atoms with Crippen LogP contribution in [-0.4, -0.2) is 33.6 Å². The van der Waals surface area contributed by atoms with Crippen molar-refractivity contribution in [1.82, 2.24) is 10.0 Å². The highest BCUT2D eigenvalue weighted by molar-refractivity contribution is 7.89. The number of hydrogen-bond donors (Lipinski definition) is 3. The quantitative estimate of drug-likeness (QED) is 0.643. The molecule has 0 spiro atoms. The van der Waals surface area contributed by atoms with Crippen LogP contribution < -0.4 is 15.8 Å². The minimum atomic E-state index is -3.50. The molecule has 0 aromatic heterocycles. The topological polar surface area (TPSA) is 84.2 Å². The summed E-state index contributed by atoms with van der Waals surface area (Å²) < 4.78 is 27.7. The van der Waals surface area contributed by atoms with E-state index in [-0.39, 0.29) is 18.0 Å². The van der Waals surface area contributed by atoms with Crippen LogP contribution in [-0.2, 0) is 10.0 Å². The Labute approximate surface area is 134 Å². The molecule has 0 heterocycles. The van der Waals surface area contributed by atoms with Crippen molar-refractivity contribution < 1.29 is 8.42 Å². The van der Waals surface area contributed by atoms with E-state index in [9.17, 15) is 8.42 Å². The summed E-state index contributed by atoms with van der Waals surface area (Å²) in [7, 11) is -3.50. The molecule has 0 bridgehead atoms. The molecule has 0 aliphatic rings. The van der Waals surface area contributed by atoms with Crippen molar-refractivity contribution in [3.63, 3.8) is 0 Å². The van der Waals surface area contributed by atoms with E-state index in [2.05, 4.69) is 23.9 Å². The summed E-state index contributed by atoms with van der Waals surface area (Å²) >= 11 is 0. The molecule has 2 atom stereocenters. The molecule has 1 rings (SSSR count). The first-order valence-corrected chi connectivity index (χ1v) is 9.27. The van der Waals surface area contributed by atoms with E-state index in [4.69, 9.17) is 5.73 Å². The van der Waals surface area contributed by atoms with Crippen LogP contribution in [0.1, 0.15) is 27.7 Å². The number of rotatable bonds is 9. The van der Waals surface area contributed by atoms with Crippen LogP contribution in [0.4, 0.5) is 0 Å². The number of benzene rings is 1. The van der Waals surface area contributed by atoms with E-state index in [1.807, 2.05) is 13.8 Å². The SMILES string of the molecule is CC(C)[C@H](CN[C@H](CN)C(C)C)NS(=O)(=O)c1ccccc1. The van der Waals surface area contributed by atoms with E-state index in [0.717, 1.165) is 0 Å². The molecule has 0 saturated carbocycles. The van der Waals surface area contributed by atoms with Gasteiger partial charge in [0, 0.05) is 25.2 Å². The minimum absolute atomic E-state index is 0.177. The molecule has 22 heavy (non-hydrogen) atoms. The van der Waals surface area contributed by atoms with Gasteiger partial charge >= 0.3 is 0 Å². The van der Waals surface area contributed by atoms with E-state index < -0.39 is 10.0 Å². The Bertz CT molecular complexity index is 530. The smallest absolute Gasteiger partial charge is 0.240 e. The fraction of sp³-hybridized carbons (Fsp3) is 0.625. The fourth-order valence-electron chi connectivity index (χ4n) is 2.15. The van der Waals surface area contributed by atoms with E-state index in [1.54, 1.807) is 30.3 Å². The standard InChI is InChI=1S/C16H29N3O2S/c1-12(2)15(10-17)18-11-16(13(3)4)19-22(20,21)14-8-6-5-7-9-14/h5-9,12-13,15-16,18-19H,10-11,17H2,1-4H3/t15-,16+/m1/s1. The molecule has 1 aromatic rings. The lowest BCUT2D eigenvalue weighted by Crippen LogP contribution is -2.50. The van der Waals surface area contributed by atoms with Gasteiger partial charge in [0.15, 0.2) is 0 Å². The predicted molar refractivity (Wildman–Crippen MR) is 91.1 cm³/mol. The average molecular weight is 327 g/mol. The number of hydrogen-bond acceptors (Lipinski definition) is 4. The minimum Gasteiger partial charge on any atom is -0.329 e. The molecule has 0 amide bonds. The Hall–Kier alpha value is -0.950. The zero-order valence-corrected chi connectivity index (χ0v) is 14.7. The maximum Gasteiger partial charge on any atom is 0.240 e. The summed E-state index contributed by atoms with van der Waals surface area (Å²) in [5.74, 6) is 0.583. The lowest BCUT2D eigenvalue weighted by molar-refractivity contribution is 0.354. The summed E-state index contributed by atoms with van der Waals surface area (Å²) in [6, 6.07) is 8.45. The zero-order valence-electron chi connectivity index (χ0n) is 13.9. The highest BCUT2D eigenvalue weighted by Gasteiger charge is 2.23. The largest absolute Gasteiger partial charge is 0.329 e. The Morgan fingerprint density at radius 2 is 1.55 bits per heavy atom. The summed E-state index contributed by atoms with van der Waals surface area (Å²) in [4.78, 5) is 0.292. The molecule has 0 unspecified atom stereocenters. The average Bonchev–Trinajstić information content (AvgIpc) is 2.47. The molecular weight excluding hydrogens is 298 g/mol. The van der Waals surface area contributed by atoms with Crippen molar-refractivity contribution in [3.8, 4) is 0 Å². The van der Waals surface area contributed by atoms with Gasteiger partial charge in [-0.3, -0.25) is 0 Å². The lowest BCUT2D eigenvalue weighted by Gasteiger charge is -2.27. The van der Waals surface area contributed by atoms with Crippen molar-refractivity contribution in [2.24, 2.45) is 17.6 Å². The van der Waals surface area contributed by atoms with Crippen LogP contribution >= 0.6 is 0 Å². The van der Waals surface area contributed by atoms with Crippen molar-refractivity contribution in [2.45, 2.75) is 44.7 Å². The molecule has 1 aromatic carbocycles. The van der Waals surface area contributed by atoms with E-state index >= 15 is 0 Å². The molecule has 6 heteroatoms. The Morgan fingerprint density at radius 1 is 1.00 bits per heavy atom. The van der Waals surface area contributed by atoms with Gasteiger partial charge in [0.05, 0.1) is 4.90 Å². The monoisotopic (exact) mass is 327 g/mol. The molecule has 126 valence electrons. The third-order valence-corrected chi connectivity index (χ3v) is 5.33. The van der Waals surface area contributed by atoms with Crippen LogP contribution in [0.15, 0.2) is 35.2 Å². The van der Waals surface area contributed by atoms with Crippen LogP contribution in [0, 0.1) is 11.8 Å². The maximum absolute atomic E-state index is 12.4. The van der Waals surface area contributed by atoms with Gasteiger partial charge in [0.2, 0.25) is 10.0 Å². The molecule has 0 fully saturated rings. The van der Waals surface area contributed by atoms with Crippen LogP contribution in [0.5, 0.6) is 0 Å². The van der Waals surface area contributed by atoms with Gasteiger partial charge in [-0.1, -0.05) is 45.9 Å². The highest BCUT2D eigenvalue weighted by Crippen LogP contribution is 2.11. The fourth-order valence-corrected chi connectivity index (χ4v) is 3.56. The zero-order chi connectivity index (χ0) is 16.8. The lowest BCUT2D eigenvalue weighted by atomic mass is 10.0. The van der Waals surface area contributed by atoms with Gasteiger partial charge in [-0.2, -0.15) is 0 Å². The van der Waals surface area contributed by atoms with Gasteiger partial charge in [-0.05, 0) is 24.0 Å². The Morgan fingerprint density at radius 3 is 2.00 bits per heavy atom. The summed E-state index contributed by atoms with van der Waals surface area (Å²) in [5, 5.41) is 3.37. The predicted octanol–water partition coefficient (Wildman–Crippen LogP) is 1.56. The van der Waals surface area contributed by atoms with E-state index in [1.165, 1.54) is 0 Å². The third kappa shape index (κ3) is 5.68. The van der Waals surface area contributed by atoms with Crippen molar-refractivity contribution in [2.75, 3.05) is 13.1 Å². The van der Waals surface area contributed by atoms with Crippen LogP contribution in [0.3, 0.4) is 0 Å². The Kier molecular flexibility index (Phi) is 7.48. The van der Waals surface area contributed by atoms with Gasteiger partial charge < -0.3 is 11.1 Å². The van der Waals surface area contributed by atoms with Gasteiger partial charge in [0.1, 0.15) is 0 Å². The van der Waals surface area contributed by atoms with Crippen LogP contribution in [0.2, 0.25) is 0 Å². The Balaban J connectivity index is 2.76. The molecule has 0 aliphatic heterocycles. The van der Waals surface area contributed by atoms with Crippen LogP contribution in [0.25, 0.3) is 0 Å². The second kappa shape index (κ2) is 8.62. The van der Waals surface area contributed by atoms with Crippen molar-refractivity contribution in [1.29, 1.82) is 0 Å². The normalized spacial score (nSPS) is 15.2. The first-order chi connectivity index (χ1) is 10.3. The van der Waals surface area contributed by atoms with Gasteiger partial charge in [-0.15, -0.1) is 0 Å². The first kappa shape index (κ1) is 19.1. The highest BCUT2D eigenvalue weighted by atomic mass is 32.2. The van der Waals surface area contributed by atoms with Crippen molar-refractivity contribution >= 4 is 10.0 Å². The van der Waals surface area contributed by atoms with E-state index in [0.29, 0.717) is 23.9 Å². The molecule has 0 aliphatic carbocycles. The summed E-state index contributed by atoms with van der Waals surface area (Å²) in [6.45, 7) is 9.31. The molecular formula is C16H29N3O2S. The van der Waals surface area contributed by atoms with Gasteiger partial charge in [0.25, 0.3) is 0 Å². The first-order valence-electron chi connectivity index (χ1n) is 7.78. The molecule has 5 nitrogen and oxygen atoms in total. The second-order valence-corrected chi connectivity index (χ2v) is 7.99. The number of nitrogens with one attached hydrogen (secondary N) is 2. The molecule has 0 saturated heterocycles. The number of sulfonamides is 1. The molecule has 0 radical (unpaired) electrons. The maximum atomic E-state index is 12.4. The summed E-state index contributed by atoms with van der Waals surface area (Å²) in [6.07, 6.45) is 0.